The summed E-state index contributed by atoms with van der Waals surface area (Å²) in [4.78, 5) is 32.9. The van der Waals surface area contributed by atoms with Gasteiger partial charge in [-0.1, -0.05) is 170 Å². The van der Waals surface area contributed by atoms with Gasteiger partial charge in [0, 0.05) is 66.7 Å². The first kappa shape index (κ1) is 60.2. The average molecular weight is 1280 g/mol. The Morgan fingerprint density at radius 1 is 0.333 bits per heavy atom. The third-order valence-corrected chi connectivity index (χ3v) is 14.4. The molecule has 0 fully saturated rings. The summed E-state index contributed by atoms with van der Waals surface area (Å²) in [5, 5.41) is 11.8. The van der Waals surface area contributed by atoms with Crippen LogP contribution in [-0.2, 0) is 18.6 Å². The summed E-state index contributed by atoms with van der Waals surface area (Å²) in [6.45, 7) is 0. The molecule has 8 aromatic carbocycles. The molecule has 8 bridgehead atoms. The molecule has 13 rings (SSSR count). The van der Waals surface area contributed by atoms with Gasteiger partial charge in [0.05, 0.1) is 22.8 Å². The van der Waals surface area contributed by atoms with Crippen LogP contribution in [0.4, 0.5) is 52.7 Å². The van der Waals surface area contributed by atoms with Crippen molar-refractivity contribution < 1.29 is 100 Å². The van der Waals surface area contributed by atoms with Crippen LogP contribution in [0.2, 0.25) is 0 Å². The molecule has 13 nitrogen and oxygen atoms in total. The normalized spacial score (nSPS) is 13.8. The van der Waals surface area contributed by atoms with Gasteiger partial charge in [0.15, 0.2) is 11.6 Å². The van der Waals surface area contributed by atoms with Gasteiger partial charge in [-0.25, -0.2) is 4.98 Å². The standard InChI is InChI=1S/C64H37F12N8O5.V/c65-61(66,67)49(33-17-5-1-6-18-33)86-41-29-13-25-37-45(41)56-77-53(37)78-57-46-39(27-15-30-42(46)87-50(62(68,69)70)34-19-7-2-8-20-34)55(81-57)82-60-48-40(28-16-32-44(48)89-52(64(74,75)76)36-23-11-4-12-24-36)59(84(60)85)83-58-47-38(54(79-56)80-58)26-14-31-43(47)88-51(63(71,72)73)35-21-9-3-10-22-35;/h1-32,49-52,85H;/q-1;+2. The number of hydrogen-bond acceptors (Lipinski definition) is 10. The minimum atomic E-state index is -5.09. The Kier molecular flexibility index (Phi) is 15.4. The molecule has 0 aliphatic carbocycles. The smallest absolute Gasteiger partial charge is 0.475 e. The van der Waals surface area contributed by atoms with Crippen molar-refractivity contribution in [1.29, 1.82) is 0 Å². The molecule has 451 valence electrons. The summed E-state index contributed by atoms with van der Waals surface area (Å²) in [5.74, 6) is -4.19. The van der Waals surface area contributed by atoms with Crippen LogP contribution in [0.1, 0.15) is 46.7 Å². The van der Waals surface area contributed by atoms with E-state index in [1.165, 1.54) is 188 Å². The molecule has 1 N–H and O–H groups in total. The second-order valence-electron chi connectivity index (χ2n) is 20.2. The Bertz CT molecular complexity index is 4690. The number of halogens is 12. The first-order chi connectivity index (χ1) is 42.6. The van der Waals surface area contributed by atoms with Crippen LogP contribution >= 0.6 is 0 Å². The molecule has 1 radical (unpaired) electrons. The van der Waals surface area contributed by atoms with E-state index in [2.05, 4.69) is 15.0 Å². The molecule has 5 heterocycles. The first-order valence-electron chi connectivity index (χ1n) is 26.7. The molecule has 26 heteroatoms. The number of alkyl halides is 12. The third-order valence-electron chi connectivity index (χ3n) is 14.4. The van der Waals surface area contributed by atoms with Crippen molar-refractivity contribution in [2.24, 2.45) is 0 Å². The summed E-state index contributed by atoms with van der Waals surface area (Å²) in [5.41, 5.74) is -4.19. The molecule has 4 atom stereocenters. The van der Waals surface area contributed by atoms with Gasteiger partial charge in [-0.3, -0.25) is 0 Å². The van der Waals surface area contributed by atoms with Gasteiger partial charge in [-0.2, -0.15) is 52.7 Å². The molecule has 90 heavy (non-hydrogen) atoms. The van der Waals surface area contributed by atoms with Gasteiger partial charge in [-0.05, 0) is 35.0 Å². The fraction of sp³-hybridized carbons (Fsp3) is 0.125. The van der Waals surface area contributed by atoms with Gasteiger partial charge in [0.1, 0.15) is 23.0 Å². The van der Waals surface area contributed by atoms with E-state index in [9.17, 15) is 5.21 Å². The number of benzene rings is 8. The third kappa shape index (κ3) is 11.3. The number of aromatic nitrogens is 8. The molecular formula is C64H37F12N8O5V+. The summed E-state index contributed by atoms with van der Waals surface area (Å²) in [7, 11) is 0. The number of ether oxygens (including phenoxy) is 4. The largest absolute Gasteiger partial charge is 2.00 e. The predicted octanol–water partition coefficient (Wildman–Crippen LogP) is 16.0. The molecule has 0 amide bonds. The second kappa shape index (κ2) is 23.1. The fourth-order valence-corrected chi connectivity index (χ4v) is 10.6. The van der Waals surface area contributed by atoms with Gasteiger partial charge >= 0.3 is 43.3 Å². The van der Waals surface area contributed by atoms with Crippen LogP contribution in [0.25, 0.3) is 89.7 Å². The zero-order chi connectivity index (χ0) is 62.1. The van der Waals surface area contributed by atoms with Crippen molar-refractivity contribution in [2.45, 2.75) is 49.1 Å². The first-order valence-corrected chi connectivity index (χ1v) is 26.7. The summed E-state index contributed by atoms with van der Waals surface area (Å²) >= 11 is 0. The summed E-state index contributed by atoms with van der Waals surface area (Å²) < 4.78 is 206. The number of fused-ring (bicyclic) bond motifs is 20. The van der Waals surface area contributed by atoms with Crippen molar-refractivity contribution in [3.8, 4) is 68.5 Å². The van der Waals surface area contributed by atoms with Gasteiger partial charge < -0.3 is 54.1 Å². The van der Waals surface area contributed by atoms with Crippen LogP contribution in [0.15, 0.2) is 194 Å². The van der Waals surface area contributed by atoms with Gasteiger partial charge in [0.25, 0.3) is 0 Å². The molecule has 2 aliphatic rings. The van der Waals surface area contributed by atoms with E-state index in [-0.39, 0.29) is 84.6 Å². The molecule has 0 spiro atoms. The van der Waals surface area contributed by atoms with Gasteiger partial charge in [-0.15, -0.1) is 4.73 Å². The topological polar surface area (TPSA) is 154 Å². The Morgan fingerprint density at radius 3 is 1.09 bits per heavy atom. The van der Waals surface area contributed by atoms with Crippen LogP contribution in [0.5, 0.6) is 23.0 Å². The van der Waals surface area contributed by atoms with Crippen molar-refractivity contribution in [3.63, 3.8) is 0 Å². The Morgan fingerprint density at radius 2 is 0.667 bits per heavy atom. The van der Waals surface area contributed by atoms with E-state index in [1.807, 2.05) is 0 Å². The zero-order valence-electron chi connectivity index (χ0n) is 45.4. The van der Waals surface area contributed by atoms with Crippen LogP contribution < -0.4 is 33.6 Å². The van der Waals surface area contributed by atoms with Crippen molar-refractivity contribution in [3.05, 3.63) is 216 Å². The molecule has 4 unspecified atom stereocenters. The molecule has 2 aliphatic heterocycles. The summed E-state index contributed by atoms with van der Waals surface area (Å²) in [6.07, 6.45) is -30.9. The molecule has 3 aromatic heterocycles. The predicted molar refractivity (Wildman–Crippen MR) is 297 cm³/mol. The molecule has 0 saturated carbocycles. The Hall–Kier alpha value is -10.1. The number of hydrogen-bond donors (Lipinski definition) is 1. The molecule has 0 saturated heterocycles. The van der Waals surface area contributed by atoms with E-state index in [4.69, 9.17) is 38.9 Å². The molecular weight excluding hydrogens is 1240 g/mol. The van der Waals surface area contributed by atoms with E-state index in [1.54, 1.807) is 0 Å². The maximum atomic E-state index is 15.2. The van der Waals surface area contributed by atoms with Crippen LogP contribution in [0.3, 0.4) is 0 Å². The maximum absolute atomic E-state index is 15.2. The van der Waals surface area contributed by atoms with Crippen molar-refractivity contribution >= 4 is 44.1 Å². The van der Waals surface area contributed by atoms with Crippen molar-refractivity contribution in [1.82, 2.24) is 34.9 Å². The zero-order valence-corrected chi connectivity index (χ0v) is 46.8. The number of nitrogens with zero attached hydrogens (tertiary/aromatic N) is 8. The average Bonchev–Trinajstić information content (AvgIpc) is 1.59. The van der Waals surface area contributed by atoms with E-state index >= 15 is 52.7 Å². The quantitative estimate of drug-likeness (QED) is 0.0703. The Labute approximate surface area is 511 Å². The van der Waals surface area contributed by atoms with Crippen LogP contribution in [0, 0.1) is 0 Å². The van der Waals surface area contributed by atoms with Crippen LogP contribution in [-0.4, -0.2) is 54.8 Å². The van der Waals surface area contributed by atoms with E-state index in [0.29, 0.717) is 4.73 Å². The molecule has 11 aromatic rings. The van der Waals surface area contributed by atoms with Crippen molar-refractivity contribution in [2.75, 3.05) is 0 Å². The van der Waals surface area contributed by atoms with E-state index < -0.39 is 118 Å². The van der Waals surface area contributed by atoms with Gasteiger partial charge in [0.2, 0.25) is 24.4 Å². The minimum absolute atomic E-state index is 0. The minimum Gasteiger partial charge on any atom is -0.475 e. The fourth-order valence-electron chi connectivity index (χ4n) is 10.6. The monoisotopic (exact) mass is 1280 g/mol. The summed E-state index contributed by atoms with van der Waals surface area (Å²) in [6, 6.07) is 41.4. The Balaban J connectivity index is 0.00000785. The number of rotatable bonds is 12. The second-order valence-corrected chi connectivity index (χ2v) is 20.2. The maximum Gasteiger partial charge on any atom is 2.00 e. The van der Waals surface area contributed by atoms with E-state index in [0.717, 1.165) is 6.07 Å². The SMILES string of the molecule is O[n+]1c2nc3[n-]c(nc4nc(nc5[n-]c(nc1-c1c(OC(c6ccccc6)C(F)(F)F)cccc1-2)c1cccc(OC(c2ccccc2)C(F)(F)F)c51)-c1cccc(OC(c2ccccc2)C(F)(F)F)c1-4)c1cccc(OC(c2ccccc2)C(F)(F)F)c31.[V+2].